The Morgan fingerprint density at radius 1 is 1.24 bits per heavy atom. The van der Waals surface area contributed by atoms with Crippen molar-refractivity contribution in [2.24, 2.45) is 17.3 Å². The summed E-state index contributed by atoms with van der Waals surface area (Å²) in [4.78, 5) is 11.9. The van der Waals surface area contributed by atoms with E-state index in [1.807, 2.05) is 0 Å². The Morgan fingerprint density at radius 3 is 2.47 bits per heavy atom. The maximum absolute atomic E-state index is 11.9. The first-order valence-corrected chi connectivity index (χ1v) is 6.95. The van der Waals surface area contributed by atoms with Crippen LogP contribution in [-0.4, -0.2) is 25.7 Å². The van der Waals surface area contributed by atoms with Gasteiger partial charge in [-0.25, -0.2) is 0 Å². The van der Waals surface area contributed by atoms with E-state index in [9.17, 15) is 4.79 Å². The van der Waals surface area contributed by atoms with Crippen molar-refractivity contribution in [2.45, 2.75) is 46.0 Å². The van der Waals surface area contributed by atoms with E-state index in [0.29, 0.717) is 5.41 Å². The molecule has 1 saturated heterocycles. The average Bonchev–Trinajstić information content (AvgIpc) is 3.14. The van der Waals surface area contributed by atoms with Gasteiger partial charge in [0.2, 0.25) is 5.91 Å². The topological polar surface area (TPSA) is 38.3 Å². The molecule has 1 aliphatic heterocycles. The lowest BCUT2D eigenvalue weighted by Gasteiger charge is -2.26. The van der Waals surface area contributed by atoms with Gasteiger partial charge in [-0.05, 0) is 43.4 Å². The molecule has 0 aromatic heterocycles. The van der Waals surface area contributed by atoms with Crippen LogP contribution in [0.3, 0.4) is 0 Å². The highest BCUT2D eigenvalue weighted by Crippen LogP contribution is 2.46. The fourth-order valence-corrected chi connectivity index (χ4v) is 2.68. The number of hydrogen-bond acceptors (Lipinski definition) is 2. The minimum atomic E-state index is 0.188. The van der Waals surface area contributed by atoms with Crippen LogP contribution in [0.5, 0.6) is 0 Å². The minimum absolute atomic E-state index is 0.188. The molecule has 0 radical (unpaired) electrons. The van der Waals surface area contributed by atoms with E-state index in [1.165, 1.54) is 12.8 Å². The van der Waals surface area contributed by atoms with Crippen molar-refractivity contribution in [1.29, 1.82) is 0 Å². The molecule has 2 aliphatic rings. The SMILES string of the molecule is CC(C)(CCNC(=O)C1CCOCC1)C1CC1. The molecule has 0 atom stereocenters. The molecular weight excluding hydrogens is 214 g/mol. The third-order valence-corrected chi connectivity index (χ3v) is 4.34. The number of carbonyl (C=O) groups is 1. The maximum Gasteiger partial charge on any atom is 0.223 e. The molecule has 1 aliphatic carbocycles. The summed E-state index contributed by atoms with van der Waals surface area (Å²) in [5, 5.41) is 3.10. The number of hydrogen-bond donors (Lipinski definition) is 1. The largest absolute Gasteiger partial charge is 0.381 e. The van der Waals surface area contributed by atoms with Crippen molar-refractivity contribution < 1.29 is 9.53 Å². The lowest BCUT2D eigenvalue weighted by molar-refractivity contribution is -0.127. The second-order valence-electron chi connectivity index (χ2n) is 6.19. The molecule has 2 fully saturated rings. The van der Waals surface area contributed by atoms with E-state index in [1.54, 1.807) is 0 Å². The quantitative estimate of drug-likeness (QED) is 0.800. The summed E-state index contributed by atoms with van der Waals surface area (Å²) in [5.74, 6) is 1.31. The molecule has 3 heteroatoms. The highest BCUT2D eigenvalue weighted by molar-refractivity contribution is 5.78. The first-order valence-electron chi connectivity index (χ1n) is 6.95. The zero-order valence-electron chi connectivity index (χ0n) is 11.1. The van der Waals surface area contributed by atoms with Gasteiger partial charge in [-0.1, -0.05) is 13.8 Å². The Kier molecular flexibility index (Phi) is 4.08. The second kappa shape index (κ2) is 5.38. The molecule has 1 saturated carbocycles. The Balaban J connectivity index is 1.65. The molecule has 0 unspecified atom stereocenters. The zero-order valence-corrected chi connectivity index (χ0v) is 11.1. The van der Waals surface area contributed by atoms with Crippen LogP contribution in [0.1, 0.15) is 46.0 Å². The van der Waals surface area contributed by atoms with E-state index < -0.39 is 0 Å². The molecule has 1 amide bonds. The van der Waals surface area contributed by atoms with Crippen LogP contribution < -0.4 is 5.32 Å². The number of carbonyl (C=O) groups excluding carboxylic acids is 1. The molecule has 0 spiro atoms. The summed E-state index contributed by atoms with van der Waals surface area (Å²) >= 11 is 0. The molecule has 98 valence electrons. The van der Waals surface area contributed by atoms with Gasteiger partial charge in [0.25, 0.3) is 0 Å². The lowest BCUT2D eigenvalue weighted by atomic mass is 9.84. The van der Waals surface area contributed by atoms with Gasteiger partial charge in [0, 0.05) is 25.7 Å². The molecule has 0 aromatic rings. The van der Waals surface area contributed by atoms with Crippen molar-refractivity contribution in [3.63, 3.8) is 0 Å². The van der Waals surface area contributed by atoms with Gasteiger partial charge >= 0.3 is 0 Å². The highest BCUT2D eigenvalue weighted by Gasteiger charge is 2.37. The smallest absolute Gasteiger partial charge is 0.223 e. The van der Waals surface area contributed by atoms with Crippen LogP contribution in [0.25, 0.3) is 0 Å². The first kappa shape index (κ1) is 12.9. The second-order valence-corrected chi connectivity index (χ2v) is 6.19. The molecule has 0 bridgehead atoms. The van der Waals surface area contributed by atoms with Gasteiger partial charge < -0.3 is 10.1 Å². The predicted molar refractivity (Wildman–Crippen MR) is 67.7 cm³/mol. The monoisotopic (exact) mass is 239 g/mol. The standard InChI is InChI=1S/C14H25NO2/c1-14(2,12-3-4-12)7-8-15-13(16)11-5-9-17-10-6-11/h11-12H,3-10H2,1-2H3,(H,15,16). The maximum atomic E-state index is 11.9. The van der Waals surface area contributed by atoms with Gasteiger partial charge in [0.15, 0.2) is 0 Å². The molecule has 3 nitrogen and oxygen atoms in total. The number of rotatable bonds is 5. The molecule has 2 rings (SSSR count). The summed E-state index contributed by atoms with van der Waals surface area (Å²) in [6.07, 6.45) is 5.63. The summed E-state index contributed by atoms with van der Waals surface area (Å²) in [7, 11) is 0. The summed E-state index contributed by atoms with van der Waals surface area (Å²) in [5.41, 5.74) is 0.406. The first-order chi connectivity index (χ1) is 8.09. The molecule has 17 heavy (non-hydrogen) atoms. The van der Waals surface area contributed by atoms with Gasteiger partial charge in [-0.15, -0.1) is 0 Å². The average molecular weight is 239 g/mol. The number of amides is 1. The highest BCUT2D eigenvalue weighted by atomic mass is 16.5. The molecule has 1 N–H and O–H groups in total. The number of ether oxygens (including phenoxy) is 1. The molecular formula is C14H25NO2. The van der Waals surface area contributed by atoms with E-state index in [0.717, 1.165) is 44.9 Å². The molecule has 1 heterocycles. The predicted octanol–water partition coefficient (Wildman–Crippen LogP) is 2.36. The normalized spacial score (nSPS) is 22.5. The van der Waals surface area contributed by atoms with Crippen molar-refractivity contribution in [1.82, 2.24) is 5.32 Å². The Labute approximate surface area is 104 Å². The van der Waals surface area contributed by atoms with Crippen LogP contribution in [0.2, 0.25) is 0 Å². The fraction of sp³-hybridized carbons (Fsp3) is 0.929. The van der Waals surface area contributed by atoms with E-state index in [4.69, 9.17) is 4.74 Å². The van der Waals surface area contributed by atoms with Crippen molar-refractivity contribution in [2.75, 3.05) is 19.8 Å². The van der Waals surface area contributed by atoms with Gasteiger partial charge in [-0.3, -0.25) is 4.79 Å². The third-order valence-electron chi connectivity index (χ3n) is 4.34. The van der Waals surface area contributed by atoms with E-state index in [2.05, 4.69) is 19.2 Å². The van der Waals surface area contributed by atoms with Crippen LogP contribution in [0.15, 0.2) is 0 Å². The summed E-state index contributed by atoms with van der Waals surface area (Å²) in [6.45, 7) is 6.97. The van der Waals surface area contributed by atoms with Gasteiger partial charge in [0.1, 0.15) is 0 Å². The zero-order chi connectivity index (χ0) is 12.3. The fourth-order valence-electron chi connectivity index (χ4n) is 2.68. The summed E-state index contributed by atoms with van der Waals surface area (Å²) in [6, 6.07) is 0. The van der Waals surface area contributed by atoms with Crippen LogP contribution in [0, 0.1) is 17.3 Å². The van der Waals surface area contributed by atoms with Crippen molar-refractivity contribution >= 4 is 5.91 Å². The Morgan fingerprint density at radius 2 is 1.88 bits per heavy atom. The van der Waals surface area contributed by atoms with E-state index in [-0.39, 0.29) is 11.8 Å². The lowest BCUT2D eigenvalue weighted by Crippen LogP contribution is -2.36. The third kappa shape index (κ3) is 3.70. The van der Waals surface area contributed by atoms with Crippen LogP contribution in [-0.2, 0) is 9.53 Å². The summed E-state index contributed by atoms with van der Waals surface area (Å²) < 4.78 is 5.27. The Hall–Kier alpha value is -0.570. The number of nitrogens with one attached hydrogen (secondary N) is 1. The molecule has 0 aromatic carbocycles. The minimum Gasteiger partial charge on any atom is -0.381 e. The van der Waals surface area contributed by atoms with Crippen LogP contribution in [0.4, 0.5) is 0 Å². The van der Waals surface area contributed by atoms with Gasteiger partial charge in [0.05, 0.1) is 0 Å². The van der Waals surface area contributed by atoms with Crippen molar-refractivity contribution in [3.05, 3.63) is 0 Å². The van der Waals surface area contributed by atoms with Crippen LogP contribution >= 0.6 is 0 Å². The van der Waals surface area contributed by atoms with Crippen molar-refractivity contribution in [3.8, 4) is 0 Å². The van der Waals surface area contributed by atoms with Gasteiger partial charge in [-0.2, -0.15) is 0 Å². The van der Waals surface area contributed by atoms with E-state index >= 15 is 0 Å². The Bertz CT molecular complexity index is 265.